The lowest BCUT2D eigenvalue weighted by Crippen LogP contribution is -2.40. The summed E-state index contributed by atoms with van der Waals surface area (Å²) < 4.78 is 23.0. The lowest BCUT2D eigenvalue weighted by molar-refractivity contribution is 0.199. The van der Waals surface area contributed by atoms with Crippen molar-refractivity contribution >= 4 is 32.4 Å². The summed E-state index contributed by atoms with van der Waals surface area (Å²) in [5.74, 6) is 0. The van der Waals surface area contributed by atoms with Crippen LogP contribution >= 0.6 is 22.6 Å². The van der Waals surface area contributed by atoms with Gasteiger partial charge in [0.05, 0.1) is 11.0 Å². The molecule has 21 heavy (non-hydrogen) atoms. The number of nitrogens with zero attached hydrogens (tertiary/aromatic N) is 2. The average molecular weight is 418 g/mol. The van der Waals surface area contributed by atoms with Crippen LogP contribution in [0.4, 0.5) is 0 Å². The van der Waals surface area contributed by atoms with E-state index in [1.807, 2.05) is 12.1 Å². The molecule has 0 aliphatic carbocycles. The molecule has 0 radical (unpaired) electrons. The number of hydrogen-bond donors (Lipinski definition) is 0. The van der Waals surface area contributed by atoms with Crippen molar-refractivity contribution in [2.75, 3.05) is 19.3 Å². The third-order valence-corrected chi connectivity index (χ3v) is 6.49. The number of piperidine rings is 1. The molecule has 0 bridgehead atoms. The highest BCUT2D eigenvalue weighted by Gasteiger charge is 2.31. The highest BCUT2D eigenvalue weighted by atomic mass is 127. The van der Waals surface area contributed by atoms with E-state index in [4.69, 9.17) is 5.26 Å². The highest BCUT2D eigenvalue weighted by molar-refractivity contribution is 14.1. The second kappa shape index (κ2) is 6.63. The van der Waals surface area contributed by atoms with Crippen LogP contribution in [-0.4, -0.2) is 36.1 Å². The van der Waals surface area contributed by atoms with Gasteiger partial charge >= 0.3 is 0 Å². The summed E-state index contributed by atoms with van der Waals surface area (Å²) in [6, 6.07) is 9.40. The van der Waals surface area contributed by atoms with Crippen molar-refractivity contribution in [2.45, 2.75) is 34.1 Å². The van der Waals surface area contributed by atoms with Crippen LogP contribution < -0.4 is 0 Å². The molecule has 6 heteroatoms. The molecule has 0 amide bonds. The summed E-state index contributed by atoms with van der Waals surface area (Å²) in [6.45, 7) is 2.81. The maximum absolute atomic E-state index is 11.4. The second-order valence-corrected chi connectivity index (χ2v) is 9.98. The molecule has 1 fully saturated rings. The molecule has 1 saturated heterocycles. The summed E-state index contributed by atoms with van der Waals surface area (Å²) in [5.41, 5.74) is 1.13. The van der Waals surface area contributed by atoms with E-state index in [9.17, 15) is 8.42 Å². The first kappa shape index (κ1) is 16.7. The first-order chi connectivity index (χ1) is 9.82. The Bertz CT molecular complexity index is 627. The van der Waals surface area contributed by atoms with Crippen molar-refractivity contribution in [3.8, 4) is 6.07 Å². The van der Waals surface area contributed by atoms with E-state index in [-0.39, 0.29) is 3.42 Å². The van der Waals surface area contributed by atoms with Crippen molar-refractivity contribution in [1.82, 2.24) is 4.90 Å². The fourth-order valence-electron chi connectivity index (χ4n) is 2.53. The number of halogens is 1. The molecular weight excluding hydrogens is 399 g/mol. The monoisotopic (exact) mass is 418 g/mol. The SMILES string of the molecule is CS(=O)(=O)c1ccc(CN2CCC(I)(CC#N)CC2)cc1. The van der Waals surface area contributed by atoms with Crippen LogP contribution in [0.15, 0.2) is 29.2 Å². The van der Waals surface area contributed by atoms with Crippen molar-refractivity contribution in [3.05, 3.63) is 29.8 Å². The molecule has 2 rings (SSSR count). The van der Waals surface area contributed by atoms with Crippen molar-refractivity contribution < 1.29 is 8.42 Å². The Morgan fingerprint density at radius 2 is 1.86 bits per heavy atom. The fraction of sp³-hybridized carbons (Fsp3) is 0.533. The van der Waals surface area contributed by atoms with Gasteiger partial charge in [0.25, 0.3) is 0 Å². The maximum Gasteiger partial charge on any atom is 0.175 e. The van der Waals surface area contributed by atoms with Gasteiger partial charge in [-0.25, -0.2) is 8.42 Å². The van der Waals surface area contributed by atoms with Gasteiger partial charge < -0.3 is 0 Å². The van der Waals surface area contributed by atoms with Gasteiger partial charge in [0, 0.05) is 22.6 Å². The van der Waals surface area contributed by atoms with E-state index in [1.165, 1.54) is 6.26 Å². The molecule has 1 aromatic rings. The van der Waals surface area contributed by atoms with Crippen LogP contribution in [0, 0.1) is 11.3 Å². The zero-order valence-corrected chi connectivity index (χ0v) is 15.0. The maximum atomic E-state index is 11.4. The number of alkyl halides is 1. The van der Waals surface area contributed by atoms with Gasteiger partial charge in [-0.05, 0) is 43.6 Å². The zero-order chi connectivity index (χ0) is 15.5. The van der Waals surface area contributed by atoms with E-state index in [2.05, 4.69) is 33.6 Å². The van der Waals surface area contributed by atoms with E-state index in [1.54, 1.807) is 12.1 Å². The highest BCUT2D eigenvalue weighted by Crippen LogP contribution is 2.35. The van der Waals surface area contributed by atoms with Crippen molar-refractivity contribution in [2.24, 2.45) is 0 Å². The molecule has 0 unspecified atom stereocenters. The standard InChI is InChI=1S/C15H19IN2O2S/c1-21(19,20)14-4-2-13(3-5-14)12-18-10-7-15(16,6-9-17)8-11-18/h2-5H,6-8,10-12H2,1H3. The third kappa shape index (κ3) is 4.66. The number of likely N-dealkylation sites (tertiary alicyclic amines) is 1. The molecule has 1 aliphatic heterocycles. The minimum atomic E-state index is -3.12. The normalized spacial score (nSPS) is 19.1. The zero-order valence-electron chi connectivity index (χ0n) is 12.0. The Labute approximate surface area is 140 Å². The molecule has 1 heterocycles. The molecule has 114 valence electrons. The summed E-state index contributed by atoms with van der Waals surface area (Å²) >= 11 is 2.43. The predicted molar refractivity (Wildman–Crippen MR) is 91.0 cm³/mol. The van der Waals surface area contributed by atoms with Crippen LogP contribution in [0.25, 0.3) is 0 Å². The second-order valence-electron chi connectivity index (χ2n) is 5.68. The van der Waals surface area contributed by atoms with Crippen LogP contribution in [0.3, 0.4) is 0 Å². The minimum absolute atomic E-state index is 0.128. The topological polar surface area (TPSA) is 61.2 Å². The predicted octanol–water partition coefficient (Wildman–Crippen LogP) is 2.77. The molecule has 0 N–H and O–H groups in total. The molecule has 4 nitrogen and oxygen atoms in total. The fourth-order valence-corrected chi connectivity index (χ4v) is 3.81. The van der Waals surface area contributed by atoms with Crippen molar-refractivity contribution in [3.63, 3.8) is 0 Å². The Balaban J connectivity index is 1.94. The number of nitriles is 1. The number of benzene rings is 1. The van der Waals surface area contributed by atoms with Gasteiger partial charge in [0.1, 0.15) is 0 Å². The molecular formula is C15H19IN2O2S. The van der Waals surface area contributed by atoms with E-state index in [0.717, 1.165) is 38.0 Å². The van der Waals surface area contributed by atoms with Crippen LogP contribution in [0.2, 0.25) is 0 Å². The Morgan fingerprint density at radius 1 is 1.29 bits per heavy atom. The summed E-state index contributed by atoms with van der Waals surface area (Å²) in [5, 5.41) is 8.86. The summed E-state index contributed by atoms with van der Waals surface area (Å²) in [6.07, 6.45) is 3.90. The van der Waals surface area contributed by atoms with Crippen LogP contribution in [-0.2, 0) is 16.4 Å². The summed E-state index contributed by atoms with van der Waals surface area (Å²) in [4.78, 5) is 2.73. The molecule has 0 aromatic heterocycles. The van der Waals surface area contributed by atoms with E-state index < -0.39 is 9.84 Å². The number of hydrogen-bond acceptors (Lipinski definition) is 4. The smallest absolute Gasteiger partial charge is 0.175 e. The quantitative estimate of drug-likeness (QED) is 0.558. The molecule has 1 aliphatic rings. The first-order valence-electron chi connectivity index (χ1n) is 6.90. The van der Waals surface area contributed by atoms with Crippen LogP contribution in [0.5, 0.6) is 0 Å². The van der Waals surface area contributed by atoms with Gasteiger partial charge in [-0.2, -0.15) is 5.26 Å². The molecule has 0 spiro atoms. The molecule has 0 atom stereocenters. The Morgan fingerprint density at radius 3 is 2.33 bits per heavy atom. The third-order valence-electron chi connectivity index (χ3n) is 3.91. The van der Waals surface area contributed by atoms with Gasteiger partial charge in [-0.3, -0.25) is 4.90 Å². The minimum Gasteiger partial charge on any atom is -0.299 e. The van der Waals surface area contributed by atoms with Crippen molar-refractivity contribution in [1.29, 1.82) is 5.26 Å². The van der Waals surface area contributed by atoms with Gasteiger partial charge in [-0.15, -0.1) is 0 Å². The lowest BCUT2D eigenvalue weighted by atomic mass is 9.94. The van der Waals surface area contributed by atoms with Crippen LogP contribution in [0.1, 0.15) is 24.8 Å². The summed E-state index contributed by atoms with van der Waals surface area (Å²) in [7, 11) is -3.12. The van der Waals surface area contributed by atoms with Gasteiger partial charge in [-0.1, -0.05) is 34.7 Å². The molecule has 1 aromatic carbocycles. The molecule has 0 saturated carbocycles. The van der Waals surface area contributed by atoms with E-state index in [0.29, 0.717) is 11.3 Å². The lowest BCUT2D eigenvalue weighted by Gasteiger charge is -2.36. The van der Waals surface area contributed by atoms with Gasteiger partial charge in [0.2, 0.25) is 0 Å². The number of sulfone groups is 1. The largest absolute Gasteiger partial charge is 0.299 e. The number of rotatable bonds is 4. The Kier molecular flexibility index (Phi) is 5.28. The first-order valence-corrected chi connectivity index (χ1v) is 9.87. The van der Waals surface area contributed by atoms with Gasteiger partial charge in [0.15, 0.2) is 9.84 Å². The average Bonchev–Trinajstić information content (AvgIpc) is 2.41. The van der Waals surface area contributed by atoms with E-state index >= 15 is 0 Å². The Hall–Kier alpha value is -0.650.